The topological polar surface area (TPSA) is 38.3 Å². The summed E-state index contributed by atoms with van der Waals surface area (Å²) in [6.45, 7) is 5.39. The van der Waals surface area contributed by atoms with E-state index in [9.17, 15) is 4.79 Å². The van der Waals surface area contributed by atoms with Crippen molar-refractivity contribution in [3.8, 4) is 0 Å². The largest absolute Gasteiger partial charge is 0.381 e. The van der Waals surface area contributed by atoms with Crippen molar-refractivity contribution in [1.82, 2.24) is 5.32 Å². The molecule has 126 valence electrons. The van der Waals surface area contributed by atoms with Gasteiger partial charge in [-0.05, 0) is 43.4 Å². The summed E-state index contributed by atoms with van der Waals surface area (Å²) in [4.78, 5) is 13.2. The monoisotopic (exact) mass is 323 g/mol. The number of hydrogen-bond acceptors (Lipinski definition) is 2. The predicted molar refractivity (Wildman–Crippen MR) is 95.9 cm³/mol. The highest BCUT2D eigenvalue weighted by Crippen LogP contribution is 2.35. The van der Waals surface area contributed by atoms with Gasteiger partial charge in [0.05, 0.1) is 11.5 Å². The van der Waals surface area contributed by atoms with Crippen molar-refractivity contribution in [2.45, 2.75) is 38.1 Å². The van der Waals surface area contributed by atoms with Crippen LogP contribution in [-0.2, 0) is 14.9 Å². The fourth-order valence-corrected chi connectivity index (χ4v) is 3.61. The van der Waals surface area contributed by atoms with Gasteiger partial charge in [-0.25, -0.2) is 0 Å². The number of rotatable bonds is 4. The highest BCUT2D eigenvalue weighted by molar-refractivity contribution is 5.88. The Labute approximate surface area is 144 Å². The highest BCUT2D eigenvalue weighted by atomic mass is 16.5. The molecule has 2 aromatic rings. The molecule has 3 rings (SSSR count). The van der Waals surface area contributed by atoms with Gasteiger partial charge in [0.15, 0.2) is 0 Å². The minimum atomic E-state index is -0.490. The maximum absolute atomic E-state index is 13.2. The van der Waals surface area contributed by atoms with E-state index < -0.39 is 5.41 Å². The van der Waals surface area contributed by atoms with E-state index in [2.05, 4.69) is 43.4 Å². The molecule has 1 amide bonds. The van der Waals surface area contributed by atoms with Crippen LogP contribution in [0.15, 0.2) is 54.6 Å². The van der Waals surface area contributed by atoms with Gasteiger partial charge < -0.3 is 10.1 Å². The molecule has 1 heterocycles. The van der Waals surface area contributed by atoms with Crippen LogP contribution in [0.4, 0.5) is 0 Å². The maximum atomic E-state index is 13.2. The van der Waals surface area contributed by atoms with Gasteiger partial charge in [0.25, 0.3) is 0 Å². The molecule has 0 spiro atoms. The molecule has 0 unspecified atom stereocenters. The molecule has 1 N–H and O–H groups in total. The number of carbonyl (C=O) groups is 1. The molecule has 1 fully saturated rings. The number of carbonyl (C=O) groups excluding carboxylic acids is 1. The van der Waals surface area contributed by atoms with Gasteiger partial charge in [-0.3, -0.25) is 4.79 Å². The maximum Gasteiger partial charge on any atom is 0.231 e. The van der Waals surface area contributed by atoms with E-state index >= 15 is 0 Å². The van der Waals surface area contributed by atoms with Crippen molar-refractivity contribution < 1.29 is 9.53 Å². The first-order valence-electron chi connectivity index (χ1n) is 8.63. The highest BCUT2D eigenvalue weighted by Gasteiger charge is 2.42. The quantitative estimate of drug-likeness (QED) is 0.926. The molecule has 1 saturated heterocycles. The third-order valence-electron chi connectivity index (χ3n) is 5.11. The number of nitrogens with one attached hydrogen (secondary N) is 1. The first-order valence-corrected chi connectivity index (χ1v) is 8.63. The van der Waals surface area contributed by atoms with Crippen molar-refractivity contribution in [1.29, 1.82) is 0 Å². The van der Waals surface area contributed by atoms with Crippen LogP contribution in [0.2, 0.25) is 0 Å². The summed E-state index contributed by atoms with van der Waals surface area (Å²) in [5, 5.41) is 3.25. The van der Waals surface area contributed by atoms with E-state index in [1.54, 1.807) is 0 Å². The third-order valence-corrected chi connectivity index (χ3v) is 5.11. The zero-order valence-corrected chi connectivity index (χ0v) is 14.4. The SMILES string of the molecule is Cc1ccccc1[C@H](C)NC(=O)C1(c2ccccc2)CCOCC1. The second-order valence-electron chi connectivity index (χ2n) is 6.61. The van der Waals surface area contributed by atoms with Crippen LogP contribution in [0.5, 0.6) is 0 Å². The average molecular weight is 323 g/mol. The first kappa shape index (κ1) is 16.7. The summed E-state index contributed by atoms with van der Waals surface area (Å²) >= 11 is 0. The second kappa shape index (κ2) is 7.18. The van der Waals surface area contributed by atoms with E-state index in [0.29, 0.717) is 13.2 Å². The molecule has 1 atom stereocenters. The average Bonchev–Trinajstić information content (AvgIpc) is 2.63. The molecule has 0 saturated carbocycles. The summed E-state index contributed by atoms with van der Waals surface area (Å²) < 4.78 is 5.53. The second-order valence-corrected chi connectivity index (χ2v) is 6.61. The van der Waals surface area contributed by atoms with Crippen LogP contribution in [0.1, 0.15) is 42.5 Å². The molecule has 2 aromatic carbocycles. The van der Waals surface area contributed by atoms with Crippen LogP contribution in [0, 0.1) is 6.92 Å². The van der Waals surface area contributed by atoms with Gasteiger partial charge in [-0.1, -0.05) is 54.6 Å². The lowest BCUT2D eigenvalue weighted by Gasteiger charge is -2.37. The molecule has 1 aliphatic rings. The lowest BCUT2D eigenvalue weighted by molar-refractivity contribution is -0.131. The molecular weight excluding hydrogens is 298 g/mol. The molecular formula is C21H25NO2. The van der Waals surface area contributed by atoms with Gasteiger partial charge in [-0.2, -0.15) is 0 Å². The van der Waals surface area contributed by atoms with E-state index in [0.717, 1.165) is 18.4 Å². The number of ether oxygens (including phenoxy) is 1. The Kier molecular flexibility index (Phi) is 5.00. The van der Waals surface area contributed by atoms with E-state index in [1.807, 2.05) is 30.3 Å². The number of aryl methyl sites for hydroxylation is 1. The Hall–Kier alpha value is -2.13. The Morgan fingerprint density at radius 1 is 1.04 bits per heavy atom. The Bertz CT molecular complexity index is 690. The molecule has 3 heteroatoms. The number of benzene rings is 2. The molecule has 0 aromatic heterocycles. The minimum absolute atomic E-state index is 0.0119. The van der Waals surface area contributed by atoms with Crippen molar-refractivity contribution in [3.05, 3.63) is 71.3 Å². The Morgan fingerprint density at radius 2 is 1.67 bits per heavy atom. The third kappa shape index (κ3) is 3.22. The van der Waals surface area contributed by atoms with Crippen LogP contribution in [-0.4, -0.2) is 19.1 Å². The Morgan fingerprint density at radius 3 is 2.33 bits per heavy atom. The minimum Gasteiger partial charge on any atom is -0.381 e. The van der Waals surface area contributed by atoms with Crippen LogP contribution in [0.25, 0.3) is 0 Å². The summed E-state index contributed by atoms with van der Waals surface area (Å²) in [5.41, 5.74) is 2.96. The van der Waals surface area contributed by atoms with Crippen molar-refractivity contribution in [3.63, 3.8) is 0 Å². The summed E-state index contributed by atoms with van der Waals surface area (Å²) in [6.07, 6.45) is 1.45. The van der Waals surface area contributed by atoms with Crippen LogP contribution in [0.3, 0.4) is 0 Å². The molecule has 0 bridgehead atoms. The van der Waals surface area contributed by atoms with E-state index in [1.165, 1.54) is 11.1 Å². The normalized spacial score (nSPS) is 17.9. The molecule has 1 aliphatic heterocycles. The fourth-order valence-electron chi connectivity index (χ4n) is 3.61. The van der Waals surface area contributed by atoms with Gasteiger partial charge in [0.1, 0.15) is 0 Å². The summed E-state index contributed by atoms with van der Waals surface area (Å²) in [7, 11) is 0. The predicted octanol–water partition coefficient (Wildman–Crippen LogP) is 3.92. The van der Waals surface area contributed by atoms with Crippen LogP contribution >= 0.6 is 0 Å². The number of amides is 1. The lowest BCUT2D eigenvalue weighted by Crippen LogP contribution is -2.48. The molecule has 3 nitrogen and oxygen atoms in total. The number of hydrogen-bond donors (Lipinski definition) is 1. The van der Waals surface area contributed by atoms with E-state index in [-0.39, 0.29) is 11.9 Å². The van der Waals surface area contributed by atoms with E-state index in [4.69, 9.17) is 4.74 Å². The summed E-state index contributed by atoms with van der Waals surface area (Å²) in [5.74, 6) is 0.104. The zero-order chi connectivity index (χ0) is 17.0. The van der Waals surface area contributed by atoms with Crippen LogP contribution < -0.4 is 5.32 Å². The van der Waals surface area contributed by atoms with Gasteiger partial charge in [-0.15, -0.1) is 0 Å². The summed E-state index contributed by atoms with van der Waals surface area (Å²) in [6, 6.07) is 18.3. The smallest absolute Gasteiger partial charge is 0.231 e. The lowest BCUT2D eigenvalue weighted by atomic mass is 9.73. The van der Waals surface area contributed by atoms with Gasteiger partial charge in [0, 0.05) is 13.2 Å². The van der Waals surface area contributed by atoms with Crippen molar-refractivity contribution >= 4 is 5.91 Å². The van der Waals surface area contributed by atoms with Gasteiger partial charge in [0.2, 0.25) is 5.91 Å². The molecule has 24 heavy (non-hydrogen) atoms. The first-order chi connectivity index (χ1) is 11.6. The van der Waals surface area contributed by atoms with Crippen molar-refractivity contribution in [2.24, 2.45) is 0 Å². The zero-order valence-electron chi connectivity index (χ0n) is 14.4. The molecule has 0 aliphatic carbocycles. The molecule has 0 radical (unpaired) electrons. The Balaban J connectivity index is 1.86. The van der Waals surface area contributed by atoms with Crippen molar-refractivity contribution in [2.75, 3.05) is 13.2 Å². The standard InChI is InChI=1S/C21H25NO2/c1-16-8-6-7-11-19(16)17(2)22-20(23)21(12-14-24-15-13-21)18-9-4-3-5-10-18/h3-11,17H,12-15H2,1-2H3,(H,22,23)/t17-/m0/s1. The van der Waals surface area contributed by atoms with Gasteiger partial charge >= 0.3 is 0 Å². The fraction of sp³-hybridized carbons (Fsp3) is 0.381.